The van der Waals surface area contributed by atoms with Crippen molar-refractivity contribution in [2.24, 2.45) is 0 Å². The summed E-state index contributed by atoms with van der Waals surface area (Å²) in [5.41, 5.74) is 5.33. The lowest BCUT2D eigenvalue weighted by molar-refractivity contribution is -0.385. The molecule has 0 bridgehead atoms. The van der Waals surface area contributed by atoms with E-state index in [9.17, 15) is 14.9 Å². The summed E-state index contributed by atoms with van der Waals surface area (Å²) in [5.74, 6) is 0.0626. The lowest BCUT2D eigenvalue weighted by Gasteiger charge is -2.37. The normalized spacial score (nSPS) is 19.5. The minimum absolute atomic E-state index is 0.0626. The van der Waals surface area contributed by atoms with E-state index >= 15 is 0 Å². The molecule has 0 unspecified atom stereocenters. The van der Waals surface area contributed by atoms with Gasteiger partial charge in [-0.05, 0) is 56.4 Å². The Morgan fingerprint density at radius 1 is 0.949 bits per heavy atom. The predicted molar refractivity (Wildman–Crippen MR) is 154 cm³/mol. The molecule has 2 fully saturated rings. The highest BCUT2D eigenvalue weighted by atomic mass is 16.6. The van der Waals surface area contributed by atoms with E-state index in [-0.39, 0.29) is 29.2 Å². The highest BCUT2D eigenvalue weighted by Crippen LogP contribution is 2.31. The molecule has 1 heterocycles. The first-order chi connectivity index (χ1) is 19.0. The number of nitro benzene ring substituents is 1. The third-order valence-corrected chi connectivity index (χ3v) is 7.84. The fourth-order valence-electron chi connectivity index (χ4n) is 5.65. The van der Waals surface area contributed by atoms with Crippen LogP contribution >= 0.6 is 0 Å². The Hall–Kier alpha value is -3.91. The molecule has 1 amide bonds. The average Bonchev–Trinajstić information content (AvgIpc) is 2.97. The number of benzene rings is 3. The summed E-state index contributed by atoms with van der Waals surface area (Å²) < 4.78 is 6.04. The van der Waals surface area contributed by atoms with E-state index in [1.165, 1.54) is 16.8 Å². The molecule has 0 radical (unpaired) electrons. The van der Waals surface area contributed by atoms with Gasteiger partial charge in [-0.25, -0.2) is 0 Å². The zero-order valence-corrected chi connectivity index (χ0v) is 22.4. The first-order valence-electron chi connectivity index (χ1n) is 13.8. The Labute approximate surface area is 229 Å². The molecule has 8 heteroatoms. The second-order valence-electron chi connectivity index (χ2n) is 10.4. The monoisotopic (exact) mass is 528 g/mol. The van der Waals surface area contributed by atoms with Crippen molar-refractivity contribution in [1.82, 2.24) is 4.90 Å². The van der Waals surface area contributed by atoms with Gasteiger partial charge in [0.25, 0.3) is 5.69 Å². The van der Waals surface area contributed by atoms with Crippen molar-refractivity contribution in [2.75, 3.05) is 43.0 Å². The van der Waals surface area contributed by atoms with Gasteiger partial charge in [0.2, 0.25) is 5.91 Å². The lowest BCUT2D eigenvalue weighted by atomic mass is 9.92. The van der Waals surface area contributed by atoms with Gasteiger partial charge in [0, 0.05) is 60.8 Å². The van der Waals surface area contributed by atoms with Gasteiger partial charge in [0.1, 0.15) is 6.61 Å². The molecule has 2 aliphatic rings. The highest BCUT2D eigenvalue weighted by molar-refractivity contribution is 5.80. The van der Waals surface area contributed by atoms with E-state index in [0.29, 0.717) is 24.7 Å². The molecule has 3 aromatic carbocycles. The Morgan fingerprint density at radius 2 is 1.64 bits per heavy atom. The number of hydrogen-bond acceptors (Lipinski definition) is 6. The molecule has 5 rings (SSSR count). The first kappa shape index (κ1) is 26.7. The zero-order valence-electron chi connectivity index (χ0n) is 22.4. The van der Waals surface area contributed by atoms with Gasteiger partial charge < -0.3 is 19.9 Å². The second kappa shape index (κ2) is 12.3. The van der Waals surface area contributed by atoms with E-state index in [1.807, 2.05) is 17.0 Å². The molecule has 3 aromatic rings. The maximum Gasteiger partial charge on any atom is 0.272 e. The van der Waals surface area contributed by atoms with Crippen molar-refractivity contribution < 1.29 is 14.5 Å². The summed E-state index contributed by atoms with van der Waals surface area (Å²) in [5, 5.41) is 14.5. The molecule has 1 N–H and O–H groups in total. The topological polar surface area (TPSA) is 88.0 Å². The Balaban J connectivity index is 1.05. The van der Waals surface area contributed by atoms with Crippen LogP contribution in [0.5, 0.6) is 0 Å². The standard InChI is InChI=1S/C31H36N4O4/c1-23-21-26(13-16-29(23)35(37)38)32-25-11-14-27(15-12-25)39-22-31(36)34-19-17-33(18-20-34)30-10-6-5-9-28(30)24-7-3-2-4-8-24/h2-10,13,16,21,25,27,32H,11-12,14-15,17-20,22H2,1H3. The molecule has 0 aromatic heterocycles. The number of nitrogens with one attached hydrogen (secondary N) is 1. The number of nitro groups is 1. The maximum absolute atomic E-state index is 12.9. The number of para-hydroxylation sites is 1. The minimum Gasteiger partial charge on any atom is -0.382 e. The molecule has 8 nitrogen and oxygen atoms in total. The van der Waals surface area contributed by atoms with E-state index in [0.717, 1.165) is 44.5 Å². The average molecular weight is 529 g/mol. The van der Waals surface area contributed by atoms with Crippen molar-refractivity contribution in [3.05, 3.63) is 88.5 Å². The van der Waals surface area contributed by atoms with Crippen LogP contribution in [0.4, 0.5) is 17.1 Å². The number of hydrogen-bond donors (Lipinski definition) is 1. The van der Waals surface area contributed by atoms with Gasteiger partial charge in [0.05, 0.1) is 11.0 Å². The lowest BCUT2D eigenvalue weighted by Crippen LogP contribution is -2.50. The van der Waals surface area contributed by atoms with Gasteiger partial charge in [0.15, 0.2) is 0 Å². The van der Waals surface area contributed by atoms with Gasteiger partial charge in [-0.2, -0.15) is 0 Å². The van der Waals surface area contributed by atoms with Crippen LogP contribution in [0.3, 0.4) is 0 Å². The molecule has 0 atom stereocenters. The Kier molecular flexibility index (Phi) is 8.42. The molecule has 1 aliphatic carbocycles. The van der Waals surface area contributed by atoms with Crippen LogP contribution in [-0.2, 0) is 9.53 Å². The number of aryl methyl sites for hydroxylation is 1. The fraction of sp³-hybridized carbons (Fsp3) is 0.387. The predicted octanol–water partition coefficient (Wildman–Crippen LogP) is 5.66. The van der Waals surface area contributed by atoms with Gasteiger partial charge in [-0.1, -0.05) is 48.5 Å². The number of anilines is 2. The van der Waals surface area contributed by atoms with Gasteiger partial charge >= 0.3 is 0 Å². The van der Waals surface area contributed by atoms with Crippen molar-refractivity contribution in [3.8, 4) is 11.1 Å². The number of ether oxygens (including phenoxy) is 1. The third kappa shape index (κ3) is 6.57. The minimum atomic E-state index is -0.353. The second-order valence-corrected chi connectivity index (χ2v) is 10.4. The molecule has 39 heavy (non-hydrogen) atoms. The number of piperazine rings is 1. The summed E-state index contributed by atoms with van der Waals surface area (Å²) in [7, 11) is 0. The van der Waals surface area contributed by atoms with Gasteiger partial charge in [-0.3, -0.25) is 14.9 Å². The number of carbonyl (C=O) groups excluding carboxylic acids is 1. The first-order valence-corrected chi connectivity index (χ1v) is 13.8. The maximum atomic E-state index is 12.9. The van der Waals surface area contributed by atoms with Crippen LogP contribution in [-0.4, -0.2) is 60.7 Å². The van der Waals surface area contributed by atoms with E-state index in [1.54, 1.807) is 19.1 Å². The van der Waals surface area contributed by atoms with Crippen molar-refractivity contribution in [3.63, 3.8) is 0 Å². The Bertz CT molecular complexity index is 1280. The largest absolute Gasteiger partial charge is 0.382 e. The van der Waals surface area contributed by atoms with E-state index in [4.69, 9.17) is 4.74 Å². The van der Waals surface area contributed by atoms with Crippen molar-refractivity contribution in [2.45, 2.75) is 44.8 Å². The molecular weight excluding hydrogens is 492 g/mol. The SMILES string of the molecule is Cc1cc(NC2CCC(OCC(=O)N3CCN(c4ccccc4-c4ccccc4)CC3)CC2)ccc1[N+](=O)[O-]. The third-order valence-electron chi connectivity index (χ3n) is 7.84. The van der Waals surface area contributed by atoms with Crippen molar-refractivity contribution >= 4 is 23.0 Å². The summed E-state index contributed by atoms with van der Waals surface area (Å²) in [6.45, 7) is 4.87. The smallest absolute Gasteiger partial charge is 0.272 e. The molecule has 1 saturated heterocycles. The van der Waals surface area contributed by atoms with Crippen LogP contribution in [0.15, 0.2) is 72.8 Å². The number of nitrogens with zero attached hydrogens (tertiary/aromatic N) is 3. The van der Waals surface area contributed by atoms with Crippen molar-refractivity contribution in [1.29, 1.82) is 0 Å². The van der Waals surface area contributed by atoms with Crippen LogP contribution in [0, 0.1) is 17.0 Å². The van der Waals surface area contributed by atoms with Crippen LogP contribution in [0.1, 0.15) is 31.2 Å². The quantitative estimate of drug-likeness (QED) is 0.300. The van der Waals surface area contributed by atoms with E-state index in [2.05, 4.69) is 58.7 Å². The number of amides is 1. The van der Waals surface area contributed by atoms with Gasteiger partial charge in [-0.15, -0.1) is 0 Å². The van der Waals surface area contributed by atoms with Crippen LogP contribution in [0.25, 0.3) is 11.1 Å². The molecule has 1 saturated carbocycles. The molecule has 1 aliphatic heterocycles. The highest BCUT2D eigenvalue weighted by Gasteiger charge is 2.26. The molecule has 204 valence electrons. The number of carbonyl (C=O) groups is 1. The van der Waals surface area contributed by atoms with E-state index < -0.39 is 0 Å². The molecular formula is C31H36N4O4. The number of rotatable bonds is 8. The fourth-order valence-corrected chi connectivity index (χ4v) is 5.65. The summed E-state index contributed by atoms with van der Waals surface area (Å²) in [6.07, 6.45) is 3.75. The Morgan fingerprint density at radius 3 is 2.33 bits per heavy atom. The summed E-state index contributed by atoms with van der Waals surface area (Å²) in [6, 6.07) is 24.4. The summed E-state index contributed by atoms with van der Waals surface area (Å²) >= 11 is 0. The summed E-state index contributed by atoms with van der Waals surface area (Å²) in [4.78, 5) is 27.9. The van der Waals surface area contributed by atoms with Crippen LogP contribution in [0.2, 0.25) is 0 Å². The molecule has 0 spiro atoms. The van der Waals surface area contributed by atoms with Crippen LogP contribution < -0.4 is 10.2 Å². The zero-order chi connectivity index (χ0) is 27.2.